The Morgan fingerprint density at radius 1 is 1.56 bits per heavy atom. The molecule has 4 nitrogen and oxygen atoms in total. The molecule has 1 aromatic carbocycles. The first-order valence-electron chi connectivity index (χ1n) is 4.82. The number of ether oxygens (including phenoxy) is 2. The molecule has 1 heterocycles. The Hall–Kier alpha value is -1.07. The summed E-state index contributed by atoms with van der Waals surface area (Å²) < 4.78 is 11.0. The van der Waals surface area contributed by atoms with Gasteiger partial charge in [0, 0.05) is 0 Å². The van der Waals surface area contributed by atoms with Crippen LogP contribution < -0.4 is 10.5 Å². The quantitative estimate of drug-likeness (QED) is 0.908. The summed E-state index contributed by atoms with van der Waals surface area (Å²) in [5.41, 5.74) is 5.61. The summed E-state index contributed by atoms with van der Waals surface area (Å²) >= 11 is 3.38. The first-order valence-corrected chi connectivity index (χ1v) is 5.61. The highest BCUT2D eigenvalue weighted by Crippen LogP contribution is 2.36. The van der Waals surface area contributed by atoms with E-state index in [-0.39, 0.29) is 5.91 Å². The third-order valence-electron chi connectivity index (χ3n) is 2.87. The van der Waals surface area contributed by atoms with Crippen LogP contribution in [0.2, 0.25) is 0 Å². The zero-order valence-electron chi connectivity index (χ0n) is 8.83. The second-order valence-electron chi connectivity index (χ2n) is 3.79. The van der Waals surface area contributed by atoms with Crippen molar-refractivity contribution in [2.45, 2.75) is 5.41 Å². The van der Waals surface area contributed by atoms with E-state index in [1.54, 1.807) is 7.11 Å². The summed E-state index contributed by atoms with van der Waals surface area (Å²) in [5, 5.41) is 0. The second kappa shape index (κ2) is 4.07. The van der Waals surface area contributed by atoms with Crippen molar-refractivity contribution in [2.24, 2.45) is 5.73 Å². The van der Waals surface area contributed by atoms with Gasteiger partial charge in [-0.2, -0.15) is 0 Å². The summed E-state index contributed by atoms with van der Waals surface area (Å²) in [6.45, 7) is 0.697. The van der Waals surface area contributed by atoms with Gasteiger partial charge in [-0.25, -0.2) is 0 Å². The number of benzene rings is 1. The zero-order chi connectivity index (χ0) is 11.8. The molecule has 0 atom stereocenters. The predicted molar refractivity (Wildman–Crippen MR) is 62.4 cm³/mol. The number of hydrogen-bond donors (Lipinski definition) is 1. The Morgan fingerprint density at radius 2 is 2.25 bits per heavy atom. The second-order valence-corrected chi connectivity index (χ2v) is 4.64. The molecule has 5 heteroatoms. The largest absolute Gasteiger partial charge is 0.496 e. The van der Waals surface area contributed by atoms with Crippen LogP contribution in [0.4, 0.5) is 0 Å². The molecule has 0 bridgehead atoms. The van der Waals surface area contributed by atoms with E-state index in [4.69, 9.17) is 15.2 Å². The van der Waals surface area contributed by atoms with E-state index in [1.807, 2.05) is 18.2 Å². The van der Waals surface area contributed by atoms with Crippen LogP contribution in [0.25, 0.3) is 0 Å². The van der Waals surface area contributed by atoms with Gasteiger partial charge in [-0.15, -0.1) is 0 Å². The van der Waals surface area contributed by atoms with Gasteiger partial charge in [0.1, 0.15) is 11.2 Å². The lowest BCUT2D eigenvalue weighted by atomic mass is 9.78. The molecule has 1 aromatic rings. The monoisotopic (exact) mass is 285 g/mol. The lowest BCUT2D eigenvalue weighted by Crippen LogP contribution is -2.56. The summed E-state index contributed by atoms with van der Waals surface area (Å²) in [6, 6.07) is 5.51. The lowest BCUT2D eigenvalue weighted by molar-refractivity contribution is -0.141. The number of nitrogens with two attached hydrogens (primary N) is 1. The highest BCUT2D eigenvalue weighted by Gasteiger charge is 2.46. The van der Waals surface area contributed by atoms with Gasteiger partial charge in [-0.05, 0) is 33.6 Å². The van der Waals surface area contributed by atoms with Gasteiger partial charge in [0.2, 0.25) is 5.91 Å². The van der Waals surface area contributed by atoms with Gasteiger partial charge in [-0.1, -0.05) is 6.07 Å². The van der Waals surface area contributed by atoms with Crippen molar-refractivity contribution >= 4 is 21.8 Å². The standard InChI is InChI=1S/C11H12BrNO3/c1-15-9-3-2-7(4-8(9)12)11(10(13)14)5-16-6-11/h2-4H,5-6H2,1H3,(H2,13,14). The van der Waals surface area contributed by atoms with E-state index in [1.165, 1.54) is 0 Å². The van der Waals surface area contributed by atoms with Crippen molar-refractivity contribution in [3.63, 3.8) is 0 Å². The van der Waals surface area contributed by atoms with Gasteiger partial charge in [0.05, 0.1) is 24.8 Å². The Labute approximate surface area is 102 Å². The molecule has 0 aromatic heterocycles. The first-order chi connectivity index (χ1) is 7.60. The van der Waals surface area contributed by atoms with Gasteiger partial charge in [-0.3, -0.25) is 4.79 Å². The van der Waals surface area contributed by atoms with E-state index in [0.717, 1.165) is 15.8 Å². The predicted octanol–water partition coefficient (Wildman–Crippen LogP) is 1.21. The molecule has 0 saturated carbocycles. The molecule has 0 spiro atoms. The van der Waals surface area contributed by atoms with Crippen molar-refractivity contribution in [1.82, 2.24) is 0 Å². The molecule has 1 amide bonds. The van der Waals surface area contributed by atoms with E-state index in [9.17, 15) is 4.79 Å². The fourth-order valence-corrected chi connectivity index (χ4v) is 2.26. The van der Waals surface area contributed by atoms with Gasteiger partial charge < -0.3 is 15.2 Å². The Bertz CT molecular complexity index is 429. The molecular weight excluding hydrogens is 274 g/mol. The average molecular weight is 286 g/mol. The molecule has 1 aliphatic rings. The van der Waals surface area contributed by atoms with Crippen molar-refractivity contribution in [3.8, 4) is 5.75 Å². The Kier molecular flexibility index (Phi) is 2.90. The van der Waals surface area contributed by atoms with Crippen molar-refractivity contribution < 1.29 is 14.3 Å². The van der Waals surface area contributed by atoms with Crippen LogP contribution >= 0.6 is 15.9 Å². The molecule has 0 unspecified atom stereocenters. The molecule has 1 aliphatic heterocycles. The summed E-state index contributed by atoms with van der Waals surface area (Å²) in [5.74, 6) is 0.374. The summed E-state index contributed by atoms with van der Waals surface area (Å²) in [7, 11) is 1.59. The van der Waals surface area contributed by atoms with Crippen LogP contribution in [0.15, 0.2) is 22.7 Å². The molecule has 1 fully saturated rings. The number of carbonyl (C=O) groups is 1. The topological polar surface area (TPSA) is 61.5 Å². The summed E-state index contributed by atoms with van der Waals surface area (Å²) in [4.78, 5) is 11.5. The fourth-order valence-electron chi connectivity index (χ4n) is 1.72. The number of amides is 1. The van der Waals surface area contributed by atoms with Crippen LogP contribution in [0.5, 0.6) is 5.75 Å². The number of primary amides is 1. The molecule has 16 heavy (non-hydrogen) atoms. The SMILES string of the molecule is COc1ccc(C2(C(N)=O)COC2)cc1Br. The van der Waals surface area contributed by atoms with Crippen LogP contribution in [-0.4, -0.2) is 26.2 Å². The normalized spacial score (nSPS) is 17.6. The maximum atomic E-state index is 11.5. The third kappa shape index (κ3) is 1.60. The van der Waals surface area contributed by atoms with Gasteiger partial charge in [0.25, 0.3) is 0 Å². The maximum absolute atomic E-state index is 11.5. The van der Waals surface area contributed by atoms with Crippen LogP contribution in [0, 0.1) is 0 Å². The van der Waals surface area contributed by atoms with Crippen LogP contribution in [-0.2, 0) is 14.9 Å². The number of methoxy groups -OCH3 is 1. The Morgan fingerprint density at radius 3 is 2.62 bits per heavy atom. The maximum Gasteiger partial charge on any atom is 0.232 e. The number of carbonyl (C=O) groups excluding carboxylic acids is 1. The molecular formula is C11H12BrNO3. The minimum absolute atomic E-state index is 0.348. The molecule has 1 saturated heterocycles. The molecule has 86 valence electrons. The van der Waals surface area contributed by atoms with Gasteiger partial charge in [0.15, 0.2) is 0 Å². The van der Waals surface area contributed by atoms with Crippen molar-refractivity contribution in [3.05, 3.63) is 28.2 Å². The van der Waals surface area contributed by atoms with Crippen LogP contribution in [0.1, 0.15) is 5.56 Å². The molecule has 2 rings (SSSR count). The molecule has 2 N–H and O–H groups in total. The average Bonchev–Trinajstić information content (AvgIpc) is 2.15. The minimum atomic E-state index is -0.672. The summed E-state index contributed by atoms with van der Waals surface area (Å²) in [6.07, 6.45) is 0. The highest BCUT2D eigenvalue weighted by atomic mass is 79.9. The lowest BCUT2D eigenvalue weighted by Gasteiger charge is -2.39. The number of rotatable bonds is 3. The van der Waals surface area contributed by atoms with Gasteiger partial charge >= 0.3 is 0 Å². The molecule has 0 aliphatic carbocycles. The number of halogens is 1. The van der Waals surface area contributed by atoms with E-state index in [0.29, 0.717) is 13.2 Å². The fraction of sp³-hybridized carbons (Fsp3) is 0.364. The van der Waals surface area contributed by atoms with E-state index in [2.05, 4.69) is 15.9 Å². The molecule has 0 radical (unpaired) electrons. The Balaban J connectivity index is 2.40. The minimum Gasteiger partial charge on any atom is -0.496 e. The van der Waals surface area contributed by atoms with Crippen molar-refractivity contribution in [1.29, 1.82) is 0 Å². The van der Waals surface area contributed by atoms with Crippen molar-refractivity contribution in [2.75, 3.05) is 20.3 Å². The third-order valence-corrected chi connectivity index (χ3v) is 3.49. The zero-order valence-corrected chi connectivity index (χ0v) is 10.4. The van der Waals surface area contributed by atoms with E-state index < -0.39 is 5.41 Å². The van der Waals surface area contributed by atoms with Crippen LogP contribution in [0.3, 0.4) is 0 Å². The smallest absolute Gasteiger partial charge is 0.232 e. The number of hydrogen-bond acceptors (Lipinski definition) is 3. The highest BCUT2D eigenvalue weighted by molar-refractivity contribution is 9.10. The first kappa shape index (κ1) is 11.4. The van der Waals surface area contributed by atoms with E-state index >= 15 is 0 Å².